The maximum Gasteiger partial charge on any atom is 0.407 e. The van der Waals surface area contributed by atoms with Crippen LogP contribution in [0.4, 0.5) is 16.2 Å². The molecule has 1 aliphatic heterocycles. The number of carbonyl (C=O) groups excluding carboxylic acids is 4. The first-order valence-electron chi connectivity index (χ1n) is 18.5. The van der Waals surface area contributed by atoms with E-state index in [2.05, 4.69) is 17.3 Å². The number of rotatable bonds is 17. The Labute approximate surface area is 318 Å². The molecule has 3 N–H and O–H groups in total. The fourth-order valence-electron chi connectivity index (χ4n) is 5.89. The van der Waals surface area contributed by atoms with Gasteiger partial charge in [-0.1, -0.05) is 12.1 Å². The van der Waals surface area contributed by atoms with Gasteiger partial charge in [0, 0.05) is 51.9 Å². The molecule has 1 saturated heterocycles. The van der Waals surface area contributed by atoms with Crippen LogP contribution >= 0.6 is 0 Å². The van der Waals surface area contributed by atoms with Crippen LogP contribution in [0.3, 0.4) is 0 Å². The Morgan fingerprint density at radius 1 is 0.815 bits per heavy atom. The van der Waals surface area contributed by atoms with E-state index in [1.165, 1.54) is 24.1 Å². The highest BCUT2D eigenvalue weighted by Gasteiger charge is 2.26. The van der Waals surface area contributed by atoms with E-state index in [9.17, 15) is 19.2 Å². The topological polar surface area (TPSA) is 153 Å². The first-order chi connectivity index (χ1) is 25.8. The van der Waals surface area contributed by atoms with Crippen LogP contribution in [-0.2, 0) is 9.53 Å². The molecule has 13 nitrogen and oxygen atoms in total. The normalized spacial score (nSPS) is 13.2. The van der Waals surface area contributed by atoms with Crippen molar-refractivity contribution in [2.24, 2.45) is 0 Å². The molecule has 54 heavy (non-hydrogen) atoms. The summed E-state index contributed by atoms with van der Waals surface area (Å²) in [6.07, 6.45) is 3.12. The number of hydrogen-bond donors (Lipinski definition) is 2. The Bertz CT molecular complexity index is 1730. The molecule has 4 rings (SSSR count). The van der Waals surface area contributed by atoms with Crippen molar-refractivity contribution in [3.8, 4) is 17.2 Å². The van der Waals surface area contributed by atoms with Crippen molar-refractivity contribution in [1.82, 2.24) is 15.1 Å². The van der Waals surface area contributed by atoms with E-state index in [0.717, 1.165) is 45.4 Å². The maximum absolute atomic E-state index is 13.8. The van der Waals surface area contributed by atoms with Gasteiger partial charge in [-0.3, -0.25) is 14.4 Å². The van der Waals surface area contributed by atoms with E-state index in [4.69, 9.17) is 24.7 Å². The molecule has 13 heteroatoms. The van der Waals surface area contributed by atoms with E-state index >= 15 is 0 Å². The molecule has 0 saturated carbocycles. The van der Waals surface area contributed by atoms with E-state index in [-0.39, 0.29) is 46.8 Å². The summed E-state index contributed by atoms with van der Waals surface area (Å²) in [7, 11) is 5.11. The smallest absolute Gasteiger partial charge is 0.407 e. The quantitative estimate of drug-likeness (QED) is 0.0987. The summed E-state index contributed by atoms with van der Waals surface area (Å²) in [6, 6.07) is 17.1. The largest absolute Gasteiger partial charge is 0.494 e. The maximum atomic E-state index is 13.8. The zero-order valence-corrected chi connectivity index (χ0v) is 32.4. The van der Waals surface area contributed by atoms with Crippen LogP contribution < -0.4 is 30.2 Å². The number of para-hydroxylation sites is 1. The summed E-state index contributed by atoms with van der Waals surface area (Å²) in [6.45, 7) is 9.94. The van der Waals surface area contributed by atoms with Gasteiger partial charge in [0.1, 0.15) is 17.1 Å². The number of benzene rings is 3. The second-order valence-corrected chi connectivity index (χ2v) is 14.3. The number of unbranched alkanes of at least 4 members (excludes halogenated alkanes) is 2. The molecule has 3 amide bonds. The third kappa shape index (κ3) is 11.9. The third-order valence-corrected chi connectivity index (χ3v) is 8.94. The molecule has 3 aromatic carbocycles. The van der Waals surface area contributed by atoms with Gasteiger partial charge in [0.15, 0.2) is 5.75 Å². The zero-order valence-electron chi connectivity index (χ0n) is 32.4. The molecule has 0 aliphatic carbocycles. The van der Waals surface area contributed by atoms with E-state index in [1.807, 2.05) is 4.90 Å². The Morgan fingerprint density at radius 3 is 2.17 bits per heavy atom. The van der Waals surface area contributed by atoms with Crippen molar-refractivity contribution < 1.29 is 38.1 Å². The molecule has 0 aromatic heterocycles. The lowest BCUT2D eigenvalue weighted by Gasteiger charge is -2.32. The molecule has 0 atom stereocenters. The van der Waals surface area contributed by atoms with Gasteiger partial charge in [-0.25, -0.2) is 4.79 Å². The number of nitrogens with one attached hydrogen (secondary N) is 1. The van der Waals surface area contributed by atoms with Gasteiger partial charge < -0.3 is 44.7 Å². The first-order valence-corrected chi connectivity index (χ1v) is 18.5. The number of anilines is 2. The molecule has 0 unspecified atom stereocenters. The summed E-state index contributed by atoms with van der Waals surface area (Å²) < 4.78 is 22.6. The third-order valence-electron chi connectivity index (χ3n) is 8.94. The predicted molar refractivity (Wildman–Crippen MR) is 209 cm³/mol. The van der Waals surface area contributed by atoms with Gasteiger partial charge in [-0.2, -0.15) is 0 Å². The number of methoxy groups -OCH3 is 1. The van der Waals surface area contributed by atoms with Crippen LogP contribution in [0.2, 0.25) is 0 Å². The van der Waals surface area contributed by atoms with E-state index in [1.54, 1.807) is 76.3 Å². The molecule has 1 heterocycles. The molecular formula is C41H55N5O8. The van der Waals surface area contributed by atoms with E-state index in [0.29, 0.717) is 48.7 Å². The molecule has 0 radical (unpaired) electrons. The van der Waals surface area contributed by atoms with Gasteiger partial charge in [-0.15, -0.1) is 0 Å². The van der Waals surface area contributed by atoms with Gasteiger partial charge in [0.25, 0.3) is 5.91 Å². The molecule has 3 aromatic rings. The Morgan fingerprint density at radius 2 is 1.48 bits per heavy atom. The fourth-order valence-corrected chi connectivity index (χ4v) is 5.89. The highest BCUT2D eigenvalue weighted by atomic mass is 16.6. The molecular weight excluding hydrogens is 690 g/mol. The standard InChI is InChI=1S/C41H55N5O8/c1-41(2,3)54-40(50)43-22-12-28-53-34-14-10-9-13-31(34)37(48)33-21-20-32(36(42)38(33)51-6)39(49)45(5)29-16-18-30(19-17-29)52-27-11-7-8-15-35(47)46-25-23-44(4)24-26-46/h9-10,13-14,16-21H,7-8,11-12,15,22-28,42H2,1-6H3,(H,43,50). The molecule has 1 aliphatic rings. The number of carbonyl (C=O) groups is 4. The summed E-state index contributed by atoms with van der Waals surface area (Å²) in [4.78, 5) is 57.4. The van der Waals surface area contributed by atoms with Crippen molar-refractivity contribution in [3.63, 3.8) is 0 Å². The Kier molecular flexibility index (Phi) is 15.1. The SMILES string of the molecule is COc1c(C(=O)c2ccccc2OCCCNC(=O)OC(C)(C)C)ccc(C(=O)N(C)c2ccc(OCCCCCC(=O)N3CCN(C)CC3)cc2)c1N. The van der Waals surface area contributed by atoms with Crippen LogP contribution in [-0.4, -0.2) is 106 Å². The molecule has 0 spiro atoms. The van der Waals surface area contributed by atoms with Gasteiger partial charge in [-0.05, 0) is 102 Å². The number of nitrogens with zero attached hydrogens (tertiary/aromatic N) is 3. The van der Waals surface area contributed by atoms with Crippen molar-refractivity contribution in [1.29, 1.82) is 0 Å². The van der Waals surface area contributed by atoms with Crippen LogP contribution in [0.25, 0.3) is 0 Å². The van der Waals surface area contributed by atoms with Gasteiger partial charge in [0.05, 0.1) is 42.7 Å². The second kappa shape index (κ2) is 19.7. The number of nitrogens with two attached hydrogens (primary N) is 1. The van der Waals surface area contributed by atoms with E-state index < -0.39 is 11.7 Å². The Balaban J connectivity index is 1.29. The highest BCUT2D eigenvalue weighted by Crippen LogP contribution is 2.34. The zero-order chi connectivity index (χ0) is 39.3. The number of ketones is 1. The summed E-state index contributed by atoms with van der Waals surface area (Å²) in [5.41, 5.74) is 7.20. The number of piperazine rings is 1. The lowest BCUT2D eigenvalue weighted by Crippen LogP contribution is -2.47. The molecule has 1 fully saturated rings. The number of hydrogen-bond acceptors (Lipinski definition) is 10. The van der Waals surface area contributed by atoms with Gasteiger partial charge in [0.2, 0.25) is 11.7 Å². The van der Waals surface area contributed by atoms with Crippen LogP contribution in [0.1, 0.15) is 79.2 Å². The average molecular weight is 746 g/mol. The fraction of sp³-hybridized carbons (Fsp3) is 0.463. The number of ether oxygens (including phenoxy) is 4. The summed E-state index contributed by atoms with van der Waals surface area (Å²) in [5.74, 6) is 0.592. The monoisotopic (exact) mass is 745 g/mol. The van der Waals surface area contributed by atoms with Crippen LogP contribution in [0.15, 0.2) is 60.7 Å². The first kappa shape index (κ1) is 41.5. The minimum Gasteiger partial charge on any atom is -0.494 e. The number of alkyl carbamates (subject to hydrolysis) is 1. The average Bonchev–Trinajstić information content (AvgIpc) is 3.15. The number of nitrogen functional groups attached to an aromatic ring is 1. The van der Waals surface area contributed by atoms with Crippen LogP contribution in [0.5, 0.6) is 17.2 Å². The lowest BCUT2D eigenvalue weighted by atomic mass is 9.98. The molecule has 0 bridgehead atoms. The lowest BCUT2D eigenvalue weighted by molar-refractivity contribution is -0.132. The summed E-state index contributed by atoms with van der Waals surface area (Å²) in [5, 5.41) is 2.68. The van der Waals surface area contributed by atoms with Crippen molar-refractivity contribution >= 4 is 35.1 Å². The van der Waals surface area contributed by atoms with Crippen molar-refractivity contribution in [2.45, 2.75) is 58.5 Å². The number of amides is 3. The van der Waals surface area contributed by atoms with Crippen molar-refractivity contribution in [3.05, 3.63) is 77.4 Å². The molecule has 292 valence electrons. The highest BCUT2D eigenvalue weighted by molar-refractivity contribution is 6.16. The minimum absolute atomic E-state index is 0.0389. The minimum atomic E-state index is -0.592. The number of likely N-dealkylation sites (N-methyl/N-ethyl adjacent to an activating group) is 1. The predicted octanol–water partition coefficient (Wildman–Crippen LogP) is 5.79. The Hall–Kier alpha value is -5.30. The van der Waals surface area contributed by atoms with Gasteiger partial charge >= 0.3 is 6.09 Å². The summed E-state index contributed by atoms with van der Waals surface area (Å²) >= 11 is 0. The van der Waals surface area contributed by atoms with Crippen molar-refractivity contribution in [2.75, 3.05) is 77.8 Å². The van der Waals surface area contributed by atoms with Crippen LogP contribution in [0, 0.1) is 0 Å². The second-order valence-electron chi connectivity index (χ2n) is 14.3.